The van der Waals surface area contributed by atoms with E-state index in [4.69, 9.17) is 13.8 Å². The van der Waals surface area contributed by atoms with E-state index in [1.165, 1.54) is 96.3 Å². The van der Waals surface area contributed by atoms with E-state index >= 15 is 0 Å². The van der Waals surface area contributed by atoms with Crippen LogP contribution in [0.1, 0.15) is 226 Å². The lowest BCUT2D eigenvalue weighted by molar-refractivity contribution is -0.870. The van der Waals surface area contributed by atoms with Gasteiger partial charge >= 0.3 is 5.97 Å². The van der Waals surface area contributed by atoms with Crippen molar-refractivity contribution in [3.63, 3.8) is 0 Å². The second kappa shape index (κ2) is 53.8. The topological polar surface area (TPSA) is 114 Å². The number of quaternary nitrogens is 1. The van der Waals surface area contributed by atoms with Crippen molar-refractivity contribution in [1.82, 2.24) is 5.32 Å². The molecule has 0 aromatic rings. The van der Waals surface area contributed by atoms with Gasteiger partial charge in [-0.3, -0.25) is 14.2 Å². The largest absolute Gasteiger partial charge is 0.756 e. The Morgan fingerprint density at radius 3 is 1.44 bits per heavy atom. The molecule has 0 radical (unpaired) electrons. The van der Waals surface area contributed by atoms with Crippen molar-refractivity contribution in [3.8, 4) is 0 Å². The number of unbranched alkanes of at least 4 members (excludes halogenated alkanes) is 23. The van der Waals surface area contributed by atoms with Crippen LogP contribution in [0, 0.1) is 0 Å². The first-order chi connectivity index (χ1) is 36.4. The number of nitrogens with one attached hydrogen (secondary N) is 1. The fourth-order valence-corrected chi connectivity index (χ4v) is 8.63. The van der Waals surface area contributed by atoms with Crippen molar-refractivity contribution in [2.75, 3.05) is 40.9 Å². The first kappa shape index (κ1) is 71.4. The number of hydrogen-bond donors (Lipinski definition) is 1. The third kappa shape index (κ3) is 55.0. The van der Waals surface area contributed by atoms with Gasteiger partial charge in [0.15, 0.2) is 0 Å². The molecular formula is C65H111N2O7P. The van der Waals surface area contributed by atoms with Gasteiger partial charge in [-0.05, 0) is 89.5 Å². The van der Waals surface area contributed by atoms with Gasteiger partial charge < -0.3 is 28.5 Å². The Morgan fingerprint density at radius 1 is 0.493 bits per heavy atom. The van der Waals surface area contributed by atoms with Gasteiger partial charge in [0.2, 0.25) is 5.91 Å². The molecule has 0 heterocycles. The first-order valence-electron chi connectivity index (χ1n) is 29.9. The average Bonchev–Trinajstić information content (AvgIpc) is 3.37. The van der Waals surface area contributed by atoms with Crippen LogP contribution in [0.15, 0.2) is 122 Å². The molecule has 0 bridgehead atoms. The van der Waals surface area contributed by atoms with Gasteiger partial charge in [0.05, 0.1) is 33.8 Å². The van der Waals surface area contributed by atoms with Crippen LogP contribution in [0.2, 0.25) is 0 Å². The van der Waals surface area contributed by atoms with Gasteiger partial charge in [-0.15, -0.1) is 0 Å². The zero-order valence-corrected chi connectivity index (χ0v) is 49.6. The Balaban J connectivity index is 5.35. The number of carbonyl (C=O) groups is 2. The van der Waals surface area contributed by atoms with E-state index in [9.17, 15) is 19.0 Å². The minimum atomic E-state index is -4.72. The molecule has 0 aromatic carbocycles. The summed E-state index contributed by atoms with van der Waals surface area (Å²) in [5.41, 5.74) is 0. The number of phosphoric ester groups is 1. The van der Waals surface area contributed by atoms with Gasteiger partial charge in [0.1, 0.15) is 19.3 Å². The van der Waals surface area contributed by atoms with E-state index in [1.807, 2.05) is 94.1 Å². The van der Waals surface area contributed by atoms with Crippen LogP contribution in [0.25, 0.3) is 0 Å². The van der Waals surface area contributed by atoms with Crippen LogP contribution in [0.3, 0.4) is 0 Å². The Bertz CT molecular complexity index is 1700. The van der Waals surface area contributed by atoms with Crippen LogP contribution in [0.5, 0.6) is 0 Å². The molecule has 428 valence electrons. The summed E-state index contributed by atoms with van der Waals surface area (Å²) in [4.78, 5) is 39.9. The highest BCUT2D eigenvalue weighted by Crippen LogP contribution is 2.38. The molecular weight excluding hydrogens is 952 g/mol. The van der Waals surface area contributed by atoms with E-state index < -0.39 is 26.6 Å². The van der Waals surface area contributed by atoms with Crippen LogP contribution >= 0.6 is 7.82 Å². The van der Waals surface area contributed by atoms with Crippen molar-refractivity contribution >= 4 is 19.7 Å². The number of likely N-dealkylation sites (N-methyl/N-ethyl adjacent to an activating group) is 1. The summed E-state index contributed by atoms with van der Waals surface area (Å²) in [5, 5.41) is 2.99. The lowest BCUT2D eigenvalue weighted by Gasteiger charge is -2.30. The Kier molecular flexibility index (Phi) is 51.2. The maximum atomic E-state index is 13.5. The van der Waals surface area contributed by atoms with E-state index in [0.717, 1.165) is 83.5 Å². The average molecular weight is 1060 g/mol. The summed E-state index contributed by atoms with van der Waals surface area (Å²) in [5.74, 6) is -0.610. The van der Waals surface area contributed by atoms with Crippen LogP contribution < -0.4 is 10.2 Å². The highest BCUT2D eigenvalue weighted by molar-refractivity contribution is 7.45. The highest BCUT2D eigenvalue weighted by Gasteiger charge is 2.27. The highest BCUT2D eigenvalue weighted by atomic mass is 31.2. The number of nitrogens with zero attached hydrogens (tertiary/aromatic N) is 1. The van der Waals surface area contributed by atoms with E-state index in [-0.39, 0.29) is 31.3 Å². The fraction of sp³-hybridized carbons (Fsp3) is 0.662. The monoisotopic (exact) mass is 1060 g/mol. The second-order valence-electron chi connectivity index (χ2n) is 20.9. The molecule has 0 fully saturated rings. The van der Waals surface area contributed by atoms with E-state index in [0.29, 0.717) is 23.9 Å². The number of carbonyl (C=O) groups excluding carboxylic acids is 2. The number of phosphoric acid groups is 1. The zero-order valence-electron chi connectivity index (χ0n) is 48.7. The fourth-order valence-electron chi connectivity index (χ4n) is 7.91. The molecule has 1 amide bonds. The number of hydrogen-bond acceptors (Lipinski definition) is 7. The summed E-state index contributed by atoms with van der Waals surface area (Å²) >= 11 is 0. The van der Waals surface area contributed by atoms with Crippen molar-refractivity contribution in [3.05, 3.63) is 122 Å². The maximum Gasteiger partial charge on any atom is 0.306 e. The Labute approximate surface area is 461 Å². The van der Waals surface area contributed by atoms with E-state index in [1.54, 1.807) is 0 Å². The smallest absolute Gasteiger partial charge is 0.306 e. The molecule has 0 aromatic heterocycles. The Morgan fingerprint density at radius 2 is 0.907 bits per heavy atom. The van der Waals surface area contributed by atoms with Crippen molar-refractivity contribution in [2.24, 2.45) is 0 Å². The van der Waals surface area contributed by atoms with Crippen molar-refractivity contribution in [1.29, 1.82) is 0 Å². The van der Waals surface area contributed by atoms with Crippen molar-refractivity contribution < 1.29 is 37.3 Å². The normalized spacial score (nSPS) is 14.6. The summed E-state index contributed by atoms with van der Waals surface area (Å²) < 4.78 is 30.2. The van der Waals surface area contributed by atoms with Crippen molar-refractivity contribution in [2.45, 2.75) is 238 Å². The summed E-state index contributed by atoms with van der Waals surface area (Å²) in [6.45, 7) is 6.60. The van der Waals surface area contributed by atoms with E-state index in [2.05, 4.69) is 74.7 Å². The van der Waals surface area contributed by atoms with Gasteiger partial charge in [-0.1, -0.05) is 245 Å². The van der Waals surface area contributed by atoms with Gasteiger partial charge in [-0.2, -0.15) is 0 Å². The molecule has 0 rings (SSSR count). The molecule has 0 saturated carbocycles. The van der Waals surface area contributed by atoms with Gasteiger partial charge in [0, 0.05) is 12.8 Å². The molecule has 0 aliphatic carbocycles. The minimum Gasteiger partial charge on any atom is -0.756 e. The number of ether oxygens (including phenoxy) is 1. The molecule has 0 saturated heterocycles. The van der Waals surface area contributed by atoms with Crippen LogP contribution in [-0.2, 0) is 27.9 Å². The standard InChI is InChI=1S/C65H111N2O7P/c1-7-10-13-16-19-22-25-27-29-31-32-33-34-36-38-40-43-46-49-52-55-58-65(69)74-63(56-53-50-47-44-41-24-21-18-15-12-9-3)62(61-73-75(70,71)72-60-59-67(4,5)6)66-64(68)57-54-51-48-45-42-39-37-35-30-28-26-23-20-17-14-11-8-2/h11,14,17,19-20,22-23,26-30,32-33,35,37,39,42,53,56,62-63H,7-10,12-13,15-16,18,21,24-25,31,34,36,38,40-41,43-52,54-55,57-61H2,1-6H3,(H-,66,68,70,71)/b14-11-,20-17+,22-19-,26-23+,29-27-,30-28-,33-32-,37-35+,42-39+,56-53+. The van der Waals surface area contributed by atoms with Crippen LogP contribution in [-0.4, -0.2) is 69.4 Å². The quantitative estimate of drug-likeness (QED) is 0.0161. The van der Waals surface area contributed by atoms with Gasteiger partial charge in [0.25, 0.3) is 7.82 Å². The summed E-state index contributed by atoms with van der Waals surface area (Å²) in [6, 6.07) is -0.923. The predicted molar refractivity (Wildman–Crippen MR) is 320 cm³/mol. The first-order valence-corrected chi connectivity index (χ1v) is 31.4. The molecule has 3 atom stereocenters. The Hall–Kier alpha value is -3.59. The molecule has 9 nitrogen and oxygen atoms in total. The number of allylic oxidation sites excluding steroid dienone is 19. The molecule has 3 unspecified atom stereocenters. The molecule has 10 heteroatoms. The summed E-state index contributed by atoms with van der Waals surface area (Å²) in [7, 11) is 1.13. The zero-order chi connectivity index (χ0) is 55.0. The van der Waals surface area contributed by atoms with Gasteiger partial charge in [-0.25, -0.2) is 0 Å². The molecule has 75 heavy (non-hydrogen) atoms. The molecule has 1 N–H and O–H groups in total. The minimum absolute atomic E-state index is 0.0397. The summed E-state index contributed by atoms with van der Waals surface area (Å²) in [6.07, 6.45) is 74.5. The second-order valence-corrected chi connectivity index (χ2v) is 22.3. The molecule has 0 aliphatic heterocycles. The van der Waals surface area contributed by atoms with Crippen LogP contribution in [0.4, 0.5) is 0 Å². The third-order valence-electron chi connectivity index (χ3n) is 12.5. The molecule has 0 aliphatic rings. The third-order valence-corrected chi connectivity index (χ3v) is 13.5. The predicted octanol–water partition coefficient (Wildman–Crippen LogP) is 17.7. The lowest BCUT2D eigenvalue weighted by atomic mass is 10.1. The maximum absolute atomic E-state index is 13.5. The SMILES string of the molecule is CC\C=C/C=C/C=C/C=C\C=C\C=C\CCCCCC(=O)NC(COP(=O)([O-])OCC[N+](C)(C)C)C(/C=C/CCCCCCCCCCC)OC(=O)CCCCCCCCCC/C=C\C/C=C\C/C=C\CCCCC. The lowest BCUT2D eigenvalue weighted by Crippen LogP contribution is -2.47. The number of esters is 1. The number of rotatable bonds is 52. The number of amides is 1. The molecule has 0 spiro atoms.